The molecule has 0 amide bonds. The van der Waals surface area contributed by atoms with E-state index >= 15 is 0 Å². The Morgan fingerprint density at radius 3 is 2.21 bits per heavy atom. The summed E-state index contributed by atoms with van der Waals surface area (Å²) >= 11 is 0. The van der Waals surface area contributed by atoms with Crippen molar-refractivity contribution in [2.75, 3.05) is 0 Å². The molecule has 2 nitrogen and oxygen atoms in total. The van der Waals surface area contributed by atoms with Gasteiger partial charge in [-0.3, -0.25) is 0 Å². The normalized spacial score (nSPS) is 10.0. The number of aryl methyl sites for hydroxylation is 2. The van der Waals surface area contributed by atoms with Crippen LogP contribution in [-0.4, -0.2) is 0 Å². The molecule has 2 heteroatoms. The van der Waals surface area contributed by atoms with Gasteiger partial charge in [-0.1, -0.05) is 24.3 Å². The Bertz CT molecular complexity index is 621. The van der Waals surface area contributed by atoms with Gasteiger partial charge in [0.2, 0.25) is 0 Å². The lowest BCUT2D eigenvalue weighted by Gasteiger charge is -2.14. The van der Waals surface area contributed by atoms with E-state index < -0.39 is 0 Å². The lowest BCUT2D eigenvalue weighted by atomic mass is 10.1. The summed E-state index contributed by atoms with van der Waals surface area (Å²) in [6.45, 7) is 6.75. The number of rotatable bonds is 3. The highest BCUT2D eigenvalue weighted by atomic mass is 16.5. The van der Waals surface area contributed by atoms with Gasteiger partial charge in [0.1, 0.15) is 12.4 Å². The number of ether oxygens (including phenoxy) is 1. The molecule has 0 saturated heterocycles. The van der Waals surface area contributed by atoms with Crippen LogP contribution in [-0.2, 0) is 6.61 Å². The molecule has 2 aromatic rings. The van der Waals surface area contributed by atoms with E-state index in [0.29, 0.717) is 12.2 Å². The third-order valence-electron chi connectivity index (χ3n) is 3.34. The second kappa shape index (κ2) is 5.58. The van der Waals surface area contributed by atoms with Gasteiger partial charge in [0.05, 0.1) is 11.6 Å². The summed E-state index contributed by atoms with van der Waals surface area (Å²) in [7, 11) is 0. The quantitative estimate of drug-likeness (QED) is 0.824. The van der Waals surface area contributed by atoms with E-state index in [9.17, 15) is 0 Å². The highest BCUT2D eigenvalue weighted by Gasteiger charge is 2.06. The van der Waals surface area contributed by atoms with Gasteiger partial charge in [-0.2, -0.15) is 5.26 Å². The first-order chi connectivity index (χ1) is 9.11. The summed E-state index contributed by atoms with van der Waals surface area (Å²) in [5.41, 5.74) is 5.32. The van der Waals surface area contributed by atoms with E-state index in [2.05, 4.69) is 39.0 Å². The fourth-order valence-corrected chi connectivity index (χ4v) is 1.98. The van der Waals surface area contributed by atoms with Crippen molar-refractivity contribution in [2.24, 2.45) is 0 Å². The number of hydrogen-bond acceptors (Lipinski definition) is 2. The van der Waals surface area contributed by atoms with Gasteiger partial charge in [-0.15, -0.1) is 0 Å². The molecule has 0 atom stereocenters. The zero-order valence-corrected chi connectivity index (χ0v) is 11.5. The molecular formula is C17H17NO. The summed E-state index contributed by atoms with van der Waals surface area (Å²) in [5.74, 6) is 0.962. The Balaban J connectivity index is 2.14. The van der Waals surface area contributed by atoms with E-state index in [1.165, 1.54) is 11.1 Å². The van der Waals surface area contributed by atoms with Crippen LogP contribution in [0.4, 0.5) is 0 Å². The van der Waals surface area contributed by atoms with E-state index in [4.69, 9.17) is 10.00 Å². The molecule has 0 saturated carbocycles. The number of hydrogen-bond donors (Lipinski definition) is 0. The molecule has 0 spiro atoms. The lowest BCUT2D eigenvalue weighted by Crippen LogP contribution is -2.00. The summed E-state index contributed by atoms with van der Waals surface area (Å²) < 4.78 is 5.93. The van der Waals surface area contributed by atoms with Crippen molar-refractivity contribution >= 4 is 0 Å². The van der Waals surface area contributed by atoms with Crippen LogP contribution in [0.25, 0.3) is 0 Å². The molecule has 2 aromatic carbocycles. The summed E-state index contributed by atoms with van der Waals surface area (Å²) in [5, 5.41) is 8.76. The van der Waals surface area contributed by atoms with Crippen molar-refractivity contribution in [3.8, 4) is 11.8 Å². The third-order valence-corrected chi connectivity index (χ3v) is 3.34. The van der Waals surface area contributed by atoms with Crippen LogP contribution < -0.4 is 4.74 Å². The topological polar surface area (TPSA) is 33.0 Å². The monoisotopic (exact) mass is 251 g/mol. The van der Waals surface area contributed by atoms with E-state index in [-0.39, 0.29) is 0 Å². The Hall–Kier alpha value is -2.27. The van der Waals surface area contributed by atoms with Gasteiger partial charge < -0.3 is 4.74 Å². The average Bonchev–Trinajstić information content (AvgIpc) is 2.44. The second-order valence-corrected chi connectivity index (χ2v) is 4.75. The van der Waals surface area contributed by atoms with Crippen LogP contribution in [0.5, 0.6) is 5.75 Å². The van der Waals surface area contributed by atoms with Gasteiger partial charge in [-0.25, -0.2) is 0 Å². The van der Waals surface area contributed by atoms with Gasteiger partial charge in [0, 0.05) is 0 Å². The van der Waals surface area contributed by atoms with E-state index in [1.54, 1.807) is 0 Å². The molecular weight excluding hydrogens is 234 g/mol. The number of nitrogens with zero attached hydrogens (tertiary/aromatic N) is 1. The van der Waals surface area contributed by atoms with Gasteiger partial charge in [0.15, 0.2) is 0 Å². The first kappa shape index (κ1) is 13.2. The smallest absolute Gasteiger partial charge is 0.125 e. The van der Waals surface area contributed by atoms with Crippen molar-refractivity contribution < 1.29 is 4.74 Å². The summed E-state index contributed by atoms with van der Waals surface area (Å²) in [6, 6.07) is 13.8. The average molecular weight is 251 g/mol. The Morgan fingerprint density at radius 1 is 0.947 bits per heavy atom. The fraction of sp³-hybridized carbons (Fsp3) is 0.235. The Labute approximate surface area is 114 Å². The minimum Gasteiger partial charge on any atom is -0.488 e. The molecule has 0 bridgehead atoms. The zero-order valence-electron chi connectivity index (χ0n) is 11.5. The number of benzene rings is 2. The van der Waals surface area contributed by atoms with E-state index in [0.717, 1.165) is 16.9 Å². The maximum atomic E-state index is 8.76. The second-order valence-electron chi connectivity index (χ2n) is 4.75. The van der Waals surface area contributed by atoms with E-state index in [1.807, 2.05) is 24.3 Å². The standard InChI is InChI=1S/C17H17NO/c1-12-4-5-13(2)17(14(12)3)19-11-16-8-6-15(10-18)7-9-16/h4-9H,11H2,1-3H3. The first-order valence-corrected chi connectivity index (χ1v) is 6.30. The summed E-state index contributed by atoms with van der Waals surface area (Å²) in [6.07, 6.45) is 0. The third kappa shape index (κ3) is 2.95. The highest BCUT2D eigenvalue weighted by Crippen LogP contribution is 2.26. The van der Waals surface area contributed by atoms with Crippen LogP contribution in [0.15, 0.2) is 36.4 Å². The van der Waals surface area contributed by atoms with Gasteiger partial charge >= 0.3 is 0 Å². The van der Waals surface area contributed by atoms with Crippen molar-refractivity contribution in [3.63, 3.8) is 0 Å². The molecule has 0 aliphatic carbocycles. The van der Waals surface area contributed by atoms with Crippen LogP contribution in [0.3, 0.4) is 0 Å². The zero-order chi connectivity index (χ0) is 13.8. The first-order valence-electron chi connectivity index (χ1n) is 6.30. The van der Waals surface area contributed by atoms with Crippen LogP contribution in [0.2, 0.25) is 0 Å². The molecule has 0 aromatic heterocycles. The fourth-order valence-electron chi connectivity index (χ4n) is 1.98. The molecule has 0 heterocycles. The molecule has 2 rings (SSSR count). The highest BCUT2D eigenvalue weighted by molar-refractivity contribution is 5.44. The van der Waals surface area contributed by atoms with Crippen LogP contribution in [0.1, 0.15) is 27.8 Å². The SMILES string of the molecule is Cc1ccc(C)c(OCc2ccc(C#N)cc2)c1C. The largest absolute Gasteiger partial charge is 0.488 e. The van der Waals surface area contributed by atoms with Crippen molar-refractivity contribution in [2.45, 2.75) is 27.4 Å². The van der Waals surface area contributed by atoms with Crippen molar-refractivity contribution in [1.82, 2.24) is 0 Å². The molecule has 19 heavy (non-hydrogen) atoms. The number of nitriles is 1. The van der Waals surface area contributed by atoms with Gasteiger partial charge in [-0.05, 0) is 55.2 Å². The van der Waals surface area contributed by atoms with Crippen LogP contribution >= 0.6 is 0 Å². The molecule has 0 N–H and O–H groups in total. The maximum Gasteiger partial charge on any atom is 0.125 e. The molecule has 0 radical (unpaired) electrons. The predicted octanol–water partition coefficient (Wildman–Crippen LogP) is 4.06. The molecule has 0 fully saturated rings. The predicted molar refractivity (Wildman–Crippen MR) is 76.1 cm³/mol. The van der Waals surface area contributed by atoms with Crippen LogP contribution in [0, 0.1) is 32.1 Å². The summed E-state index contributed by atoms with van der Waals surface area (Å²) in [4.78, 5) is 0. The molecule has 96 valence electrons. The van der Waals surface area contributed by atoms with Gasteiger partial charge in [0.25, 0.3) is 0 Å². The minimum absolute atomic E-state index is 0.525. The van der Waals surface area contributed by atoms with Crippen molar-refractivity contribution in [1.29, 1.82) is 5.26 Å². The van der Waals surface area contributed by atoms with Crippen molar-refractivity contribution in [3.05, 3.63) is 64.2 Å². The lowest BCUT2D eigenvalue weighted by molar-refractivity contribution is 0.301. The minimum atomic E-state index is 0.525. The Morgan fingerprint density at radius 2 is 1.58 bits per heavy atom. The maximum absolute atomic E-state index is 8.76. The molecule has 0 unspecified atom stereocenters. The molecule has 0 aliphatic heterocycles. The Kier molecular flexibility index (Phi) is 3.87. The molecule has 0 aliphatic rings.